The molecule has 0 saturated carbocycles. The lowest BCUT2D eigenvalue weighted by Gasteiger charge is -1.99. The van der Waals surface area contributed by atoms with E-state index in [1.807, 2.05) is 24.3 Å². The summed E-state index contributed by atoms with van der Waals surface area (Å²) in [6.45, 7) is 1.58. The monoisotopic (exact) mass is 378 g/mol. The van der Waals surface area contributed by atoms with Crippen molar-refractivity contribution in [2.75, 3.05) is 13.2 Å². The summed E-state index contributed by atoms with van der Waals surface area (Å²) in [6, 6.07) is 7.72. The average Bonchev–Trinajstić information content (AvgIpc) is 3.67. The van der Waals surface area contributed by atoms with E-state index in [4.69, 9.17) is 9.47 Å². The summed E-state index contributed by atoms with van der Waals surface area (Å²) in [6.07, 6.45) is 6.95. The molecule has 0 spiro atoms. The van der Waals surface area contributed by atoms with Gasteiger partial charge in [0.05, 0.1) is 13.2 Å². The molecule has 2 aliphatic rings. The zero-order valence-corrected chi connectivity index (χ0v) is 14.5. The highest BCUT2D eigenvalue weighted by Crippen LogP contribution is 2.30. The lowest BCUT2D eigenvalue weighted by atomic mass is 10.2. The Labute approximate surface area is 158 Å². The topological polar surface area (TPSA) is 138 Å². The van der Waals surface area contributed by atoms with Crippen LogP contribution in [0.3, 0.4) is 0 Å². The average molecular weight is 378 g/mol. The van der Waals surface area contributed by atoms with Crippen molar-refractivity contribution >= 4 is 0 Å². The maximum absolute atomic E-state index is 5.18. The first kappa shape index (κ1) is 16.5. The fourth-order valence-corrected chi connectivity index (χ4v) is 2.53. The highest BCUT2D eigenvalue weighted by atomic mass is 16.6. The summed E-state index contributed by atoms with van der Waals surface area (Å²) in [7, 11) is 0. The van der Waals surface area contributed by atoms with Crippen LogP contribution in [0.1, 0.15) is 23.3 Å². The van der Waals surface area contributed by atoms with Gasteiger partial charge in [-0.25, -0.2) is 9.97 Å². The zero-order valence-electron chi connectivity index (χ0n) is 14.5. The Kier molecular flexibility index (Phi) is 4.23. The number of hydrogen-bond donors (Lipinski definition) is 0. The van der Waals surface area contributed by atoms with Gasteiger partial charge in [0.2, 0.25) is 0 Å². The van der Waals surface area contributed by atoms with Crippen LogP contribution >= 0.6 is 0 Å². The van der Waals surface area contributed by atoms with Crippen LogP contribution in [-0.4, -0.2) is 63.6 Å². The number of ether oxygens (including phenoxy) is 2. The van der Waals surface area contributed by atoms with E-state index in [2.05, 4.69) is 41.0 Å². The molecule has 2 atom stereocenters. The van der Waals surface area contributed by atoms with E-state index in [0.29, 0.717) is 11.6 Å². The second-order valence-electron chi connectivity index (χ2n) is 6.05. The summed E-state index contributed by atoms with van der Waals surface area (Å²) < 4.78 is 13.4. The third-order valence-electron chi connectivity index (χ3n) is 4.12. The molecule has 140 valence electrons. The quantitative estimate of drug-likeness (QED) is 0.454. The smallest absolute Gasteiger partial charge is 0.157 e. The van der Waals surface area contributed by atoms with E-state index in [-0.39, 0.29) is 12.2 Å². The number of pyridine rings is 2. The highest BCUT2D eigenvalue weighted by Gasteiger charge is 2.25. The fourth-order valence-electron chi connectivity index (χ4n) is 2.53. The molecule has 0 aromatic carbocycles. The van der Waals surface area contributed by atoms with Crippen LogP contribution in [0.5, 0.6) is 0 Å². The summed E-state index contributed by atoms with van der Waals surface area (Å²) >= 11 is 0. The first-order valence-electron chi connectivity index (χ1n) is 8.48. The second-order valence-corrected chi connectivity index (χ2v) is 6.05. The maximum Gasteiger partial charge on any atom is 0.157 e. The standard InChI is InChI=1S/2C8H7N5O/c2*1-2-9-8(13-5-10-11-12-13)3-6(1)7-4-14-7/h2*1-3,5,7H,4H2/t2*7-/m10/s1. The van der Waals surface area contributed by atoms with Gasteiger partial charge in [0.1, 0.15) is 24.9 Å². The van der Waals surface area contributed by atoms with E-state index >= 15 is 0 Å². The summed E-state index contributed by atoms with van der Waals surface area (Å²) in [5, 5.41) is 21.7. The molecular formula is C16H14N10O2. The van der Waals surface area contributed by atoms with E-state index in [0.717, 1.165) is 24.3 Å². The predicted octanol–water partition coefficient (Wildman–Crippen LogP) is 0.257. The Morgan fingerprint density at radius 1 is 0.750 bits per heavy atom. The van der Waals surface area contributed by atoms with Gasteiger partial charge in [0.25, 0.3) is 0 Å². The fraction of sp³-hybridized carbons (Fsp3) is 0.250. The molecule has 2 fully saturated rings. The van der Waals surface area contributed by atoms with Crippen molar-refractivity contribution in [3.63, 3.8) is 0 Å². The molecule has 0 unspecified atom stereocenters. The third kappa shape index (κ3) is 3.72. The molecule has 2 saturated heterocycles. The van der Waals surface area contributed by atoms with Crippen LogP contribution in [0, 0.1) is 0 Å². The van der Waals surface area contributed by atoms with Gasteiger partial charge < -0.3 is 9.47 Å². The van der Waals surface area contributed by atoms with Crippen LogP contribution < -0.4 is 0 Å². The van der Waals surface area contributed by atoms with E-state index < -0.39 is 0 Å². The van der Waals surface area contributed by atoms with Crippen LogP contribution in [0.4, 0.5) is 0 Å². The number of epoxide rings is 2. The molecule has 4 aromatic heterocycles. The minimum Gasteiger partial charge on any atom is -0.368 e. The lowest BCUT2D eigenvalue weighted by molar-refractivity contribution is 0.415. The van der Waals surface area contributed by atoms with Crippen LogP contribution in [0.25, 0.3) is 11.6 Å². The summed E-state index contributed by atoms with van der Waals surface area (Å²) in [5.41, 5.74) is 2.23. The van der Waals surface area contributed by atoms with Gasteiger partial charge in [0, 0.05) is 12.4 Å². The Hall–Kier alpha value is -3.64. The first-order chi connectivity index (χ1) is 13.9. The third-order valence-corrected chi connectivity index (χ3v) is 4.12. The van der Waals surface area contributed by atoms with Crippen molar-refractivity contribution in [2.24, 2.45) is 0 Å². The SMILES string of the molecule is c1cc([C@@H]2CO2)cc(-n2cnnn2)n1.c1cc([C@H]2CO2)cc(-n2cnnn2)n1. The molecule has 0 bridgehead atoms. The lowest BCUT2D eigenvalue weighted by Crippen LogP contribution is -1.99. The zero-order chi connectivity index (χ0) is 18.8. The number of tetrazole rings is 2. The number of aromatic nitrogens is 10. The molecule has 0 aliphatic carbocycles. The molecule has 6 rings (SSSR count). The first-order valence-corrected chi connectivity index (χ1v) is 8.48. The largest absolute Gasteiger partial charge is 0.368 e. The molecular weight excluding hydrogens is 364 g/mol. The normalized spacial score (nSPS) is 19.6. The Morgan fingerprint density at radius 3 is 1.57 bits per heavy atom. The number of hydrogen-bond acceptors (Lipinski definition) is 10. The molecule has 28 heavy (non-hydrogen) atoms. The molecule has 0 N–H and O–H groups in total. The maximum atomic E-state index is 5.18. The van der Waals surface area contributed by atoms with Crippen molar-refractivity contribution in [3.8, 4) is 11.6 Å². The molecule has 0 radical (unpaired) electrons. The van der Waals surface area contributed by atoms with Crippen molar-refractivity contribution in [1.82, 2.24) is 50.4 Å². The van der Waals surface area contributed by atoms with Gasteiger partial charge in [-0.05, 0) is 56.2 Å². The Balaban J connectivity index is 0.000000122. The van der Waals surface area contributed by atoms with Gasteiger partial charge >= 0.3 is 0 Å². The number of rotatable bonds is 4. The number of nitrogens with zero attached hydrogens (tertiary/aromatic N) is 10. The van der Waals surface area contributed by atoms with E-state index in [1.54, 1.807) is 12.4 Å². The van der Waals surface area contributed by atoms with Gasteiger partial charge in [-0.2, -0.15) is 9.36 Å². The second kappa shape index (κ2) is 7.17. The van der Waals surface area contributed by atoms with Crippen LogP contribution in [0.2, 0.25) is 0 Å². The van der Waals surface area contributed by atoms with E-state index in [9.17, 15) is 0 Å². The molecule has 2 aliphatic heterocycles. The van der Waals surface area contributed by atoms with Crippen molar-refractivity contribution < 1.29 is 9.47 Å². The molecule has 12 heteroatoms. The molecule has 4 aromatic rings. The summed E-state index contributed by atoms with van der Waals surface area (Å²) in [4.78, 5) is 8.31. The van der Waals surface area contributed by atoms with Crippen molar-refractivity contribution in [2.45, 2.75) is 12.2 Å². The van der Waals surface area contributed by atoms with Crippen LogP contribution in [-0.2, 0) is 9.47 Å². The Morgan fingerprint density at radius 2 is 1.21 bits per heavy atom. The van der Waals surface area contributed by atoms with Crippen molar-refractivity contribution in [3.05, 3.63) is 60.4 Å². The molecule has 6 heterocycles. The van der Waals surface area contributed by atoms with Gasteiger partial charge in [0.15, 0.2) is 11.6 Å². The minimum atomic E-state index is 0.230. The highest BCUT2D eigenvalue weighted by molar-refractivity contribution is 5.30. The van der Waals surface area contributed by atoms with Crippen molar-refractivity contribution in [1.29, 1.82) is 0 Å². The molecule has 0 amide bonds. The molecule has 12 nitrogen and oxygen atoms in total. The van der Waals surface area contributed by atoms with Gasteiger partial charge in [-0.1, -0.05) is 0 Å². The van der Waals surface area contributed by atoms with Gasteiger partial charge in [-0.3, -0.25) is 0 Å². The summed E-state index contributed by atoms with van der Waals surface area (Å²) in [5.74, 6) is 1.42. The van der Waals surface area contributed by atoms with Crippen LogP contribution in [0.15, 0.2) is 49.3 Å². The minimum absolute atomic E-state index is 0.230. The van der Waals surface area contributed by atoms with Gasteiger partial charge in [-0.15, -0.1) is 10.2 Å². The van der Waals surface area contributed by atoms with E-state index in [1.165, 1.54) is 22.0 Å². The predicted molar refractivity (Wildman–Crippen MR) is 91.3 cm³/mol. The Bertz CT molecular complexity index is 959.